The molecule has 0 aromatic carbocycles. The highest BCUT2D eigenvalue weighted by molar-refractivity contribution is 5.82. The summed E-state index contributed by atoms with van der Waals surface area (Å²) < 4.78 is 0. The molecule has 3 nitrogen and oxygen atoms in total. The summed E-state index contributed by atoms with van der Waals surface area (Å²) >= 11 is 0. The summed E-state index contributed by atoms with van der Waals surface area (Å²) in [7, 11) is 0. The van der Waals surface area contributed by atoms with E-state index in [-0.39, 0.29) is 0 Å². The average Bonchev–Trinajstić information content (AvgIpc) is 2.56. The van der Waals surface area contributed by atoms with Gasteiger partial charge in [-0.25, -0.2) is 0 Å². The van der Waals surface area contributed by atoms with Crippen LogP contribution in [-0.4, -0.2) is 28.8 Å². The number of aryl methyl sites for hydroxylation is 1. The summed E-state index contributed by atoms with van der Waals surface area (Å²) in [4.78, 5) is 17.3. The molecule has 2 rings (SSSR count). The van der Waals surface area contributed by atoms with Gasteiger partial charge >= 0.3 is 0 Å². The number of hydrogen-bond donors (Lipinski definition) is 0. The summed E-state index contributed by atoms with van der Waals surface area (Å²) in [5, 5.41) is 0. The highest BCUT2D eigenvalue weighted by Crippen LogP contribution is 2.12. The van der Waals surface area contributed by atoms with E-state index in [0.717, 1.165) is 13.1 Å². The zero-order chi connectivity index (χ0) is 9.97. The van der Waals surface area contributed by atoms with E-state index in [2.05, 4.69) is 16.8 Å². The number of ketones is 1. The molecule has 0 atom stereocenters. The number of rotatable bonds is 2. The maximum Gasteiger partial charge on any atom is 0.148 e. The van der Waals surface area contributed by atoms with Crippen molar-refractivity contribution in [2.45, 2.75) is 19.9 Å². The minimum atomic E-state index is 0.353. The fourth-order valence-corrected chi connectivity index (χ4v) is 1.73. The molecule has 0 bridgehead atoms. The fraction of sp³-hybridized carbons (Fsp3) is 0.455. The monoisotopic (exact) mass is 190 g/mol. The third-order valence-electron chi connectivity index (χ3n) is 2.65. The summed E-state index contributed by atoms with van der Waals surface area (Å²) in [6.07, 6.45) is 4.39. The molecule has 0 spiro atoms. The number of carbonyl (C=O) groups excluding carboxylic acids is 1. The third kappa shape index (κ3) is 1.99. The number of likely N-dealkylation sites (tertiary alicyclic amines) is 1. The highest BCUT2D eigenvalue weighted by Gasteiger charge is 2.19. The van der Waals surface area contributed by atoms with Crippen LogP contribution in [0.15, 0.2) is 18.5 Å². The van der Waals surface area contributed by atoms with Crippen molar-refractivity contribution >= 4 is 5.78 Å². The van der Waals surface area contributed by atoms with Gasteiger partial charge < -0.3 is 0 Å². The Kier molecular flexibility index (Phi) is 2.59. The first-order valence-electron chi connectivity index (χ1n) is 4.89. The number of aromatic nitrogens is 1. The molecule has 1 aromatic heterocycles. The van der Waals surface area contributed by atoms with Gasteiger partial charge in [-0.2, -0.15) is 0 Å². The number of pyridine rings is 1. The molecule has 1 aromatic rings. The minimum absolute atomic E-state index is 0.353. The molecule has 3 heteroatoms. The smallest absolute Gasteiger partial charge is 0.148 e. The van der Waals surface area contributed by atoms with Crippen molar-refractivity contribution in [1.29, 1.82) is 0 Å². The zero-order valence-electron chi connectivity index (χ0n) is 8.36. The van der Waals surface area contributed by atoms with E-state index in [4.69, 9.17) is 0 Å². The minimum Gasteiger partial charge on any atom is -0.298 e. The summed E-state index contributed by atoms with van der Waals surface area (Å²) in [5.41, 5.74) is 2.47. The van der Waals surface area contributed by atoms with Crippen LogP contribution in [0.1, 0.15) is 17.5 Å². The van der Waals surface area contributed by atoms with Crippen LogP contribution in [-0.2, 0) is 11.3 Å². The highest BCUT2D eigenvalue weighted by atomic mass is 16.1. The molecular weight excluding hydrogens is 176 g/mol. The average molecular weight is 190 g/mol. The van der Waals surface area contributed by atoms with Gasteiger partial charge in [0.2, 0.25) is 0 Å². The Labute approximate surface area is 83.8 Å². The van der Waals surface area contributed by atoms with Gasteiger partial charge in [0, 0.05) is 31.9 Å². The summed E-state index contributed by atoms with van der Waals surface area (Å²) in [6, 6.07) is 2.01. The molecule has 1 aliphatic heterocycles. The van der Waals surface area contributed by atoms with Crippen molar-refractivity contribution in [2.24, 2.45) is 0 Å². The van der Waals surface area contributed by atoms with Crippen LogP contribution in [0.4, 0.5) is 0 Å². The Hall–Kier alpha value is -1.22. The molecule has 14 heavy (non-hydrogen) atoms. The van der Waals surface area contributed by atoms with Crippen LogP contribution in [0.3, 0.4) is 0 Å². The summed E-state index contributed by atoms with van der Waals surface area (Å²) in [6.45, 7) is 4.43. The van der Waals surface area contributed by atoms with E-state index >= 15 is 0 Å². The van der Waals surface area contributed by atoms with Gasteiger partial charge in [0.1, 0.15) is 5.78 Å². The van der Waals surface area contributed by atoms with Crippen LogP contribution in [0.5, 0.6) is 0 Å². The standard InChI is InChI=1S/C11H14N2O/c1-9-2-4-12-6-10(9)7-13-5-3-11(14)8-13/h2,4,6H,3,5,7-8H2,1H3. The Balaban J connectivity index is 2.04. The van der Waals surface area contributed by atoms with Gasteiger partial charge in [0.05, 0.1) is 6.54 Å². The van der Waals surface area contributed by atoms with E-state index < -0.39 is 0 Å². The lowest BCUT2D eigenvalue weighted by atomic mass is 10.1. The predicted octanol–water partition coefficient (Wildman–Crippen LogP) is 1.16. The Morgan fingerprint density at radius 2 is 2.43 bits per heavy atom. The number of Topliss-reactive ketones (excluding diaryl/α,β-unsaturated/α-hetero) is 1. The van der Waals surface area contributed by atoms with Crippen molar-refractivity contribution in [1.82, 2.24) is 9.88 Å². The van der Waals surface area contributed by atoms with Crippen molar-refractivity contribution < 1.29 is 4.79 Å². The number of hydrogen-bond acceptors (Lipinski definition) is 3. The molecule has 74 valence electrons. The van der Waals surface area contributed by atoms with Crippen molar-refractivity contribution in [2.75, 3.05) is 13.1 Å². The van der Waals surface area contributed by atoms with Gasteiger partial charge in [0.15, 0.2) is 0 Å². The maximum absolute atomic E-state index is 11.1. The Bertz CT molecular complexity index is 349. The maximum atomic E-state index is 11.1. The van der Waals surface area contributed by atoms with Crippen LogP contribution >= 0.6 is 0 Å². The zero-order valence-corrected chi connectivity index (χ0v) is 8.36. The van der Waals surface area contributed by atoms with Crippen molar-refractivity contribution in [3.63, 3.8) is 0 Å². The Morgan fingerprint density at radius 1 is 1.57 bits per heavy atom. The van der Waals surface area contributed by atoms with Gasteiger partial charge in [-0.15, -0.1) is 0 Å². The second-order valence-electron chi connectivity index (χ2n) is 3.80. The van der Waals surface area contributed by atoms with E-state index in [1.165, 1.54) is 11.1 Å². The van der Waals surface area contributed by atoms with Crippen LogP contribution in [0.25, 0.3) is 0 Å². The summed E-state index contributed by atoms with van der Waals surface area (Å²) in [5.74, 6) is 0.353. The van der Waals surface area contributed by atoms with E-state index in [1.54, 1.807) is 6.20 Å². The molecule has 0 unspecified atom stereocenters. The van der Waals surface area contributed by atoms with Crippen molar-refractivity contribution in [3.8, 4) is 0 Å². The number of carbonyl (C=O) groups is 1. The first-order valence-corrected chi connectivity index (χ1v) is 4.89. The fourth-order valence-electron chi connectivity index (χ4n) is 1.73. The van der Waals surface area contributed by atoms with E-state index in [9.17, 15) is 4.79 Å². The first-order chi connectivity index (χ1) is 6.75. The molecule has 0 amide bonds. The molecule has 1 aliphatic rings. The lowest BCUT2D eigenvalue weighted by Crippen LogP contribution is -2.20. The second-order valence-corrected chi connectivity index (χ2v) is 3.80. The second kappa shape index (κ2) is 3.88. The lowest BCUT2D eigenvalue weighted by molar-refractivity contribution is -0.116. The van der Waals surface area contributed by atoms with Gasteiger partial charge in [-0.05, 0) is 24.1 Å². The van der Waals surface area contributed by atoms with Crippen LogP contribution < -0.4 is 0 Å². The van der Waals surface area contributed by atoms with Gasteiger partial charge in [-0.1, -0.05) is 0 Å². The van der Waals surface area contributed by atoms with E-state index in [0.29, 0.717) is 18.7 Å². The molecule has 1 fully saturated rings. The van der Waals surface area contributed by atoms with Crippen LogP contribution in [0, 0.1) is 6.92 Å². The molecule has 1 saturated heterocycles. The first kappa shape index (κ1) is 9.34. The van der Waals surface area contributed by atoms with E-state index in [1.807, 2.05) is 12.3 Å². The molecule has 0 N–H and O–H groups in total. The normalized spacial score (nSPS) is 17.6. The molecule has 0 aliphatic carbocycles. The quantitative estimate of drug-likeness (QED) is 0.701. The SMILES string of the molecule is Cc1ccncc1CN1CCC(=O)C1. The molecule has 2 heterocycles. The third-order valence-corrected chi connectivity index (χ3v) is 2.65. The predicted molar refractivity (Wildman–Crippen MR) is 53.9 cm³/mol. The molecular formula is C11H14N2O. The topological polar surface area (TPSA) is 33.2 Å². The largest absolute Gasteiger partial charge is 0.298 e. The van der Waals surface area contributed by atoms with Gasteiger partial charge in [0.25, 0.3) is 0 Å². The number of nitrogens with zero attached hydrogens (tertiary/aromatic N) is 2. The van der Waals surface area contributed by atoms with Crippen molar-refractivity contribution in [3.05, 3.63) is 29.6 Å². The molecule has 0 radical (unpaired) electrons. The van der Waals surface area contributed by atoms with Crippen LogP contribution in [0.2, 0.25) is 0 Å². The Morgan fingerprint density at radius 3 is 3.07 bits per heavy atom. The lowest BCUT2D eigenvalue weighted by Gasteiger charge is -2.14. The molecule has 0 saturated carbocycles. The van der Waals surface area contributed by atoms with Gasteiger partial charge in [-0.3, -0.25) is 14.7 Å².